The fourth-order valence-electron chi connectivity index (χ4n) is 7.59. The van der Waals surface area contributed by atoms with Gasteiger partial charge in [-0.1, -0.05) is 185 Å². The lowest BCUT2D eigenvalue weighted by atomic mass is 9.91. The van der Waals surface area contributed by atoms with E-state index >= 15 is 0 Å². The first-order valence-electron chi connectivity index (χ1n) is 23.9. The molecule has 0 radical (unpaired) electrons. The highest BCUT2D eigenvalue weighted by Crippen LogP contribution is 2.38. The molecule has 0 aromatic carbocycles. The number of rotatable bonds is 40. The lowest BCUT2D eigenvalue weighted by molar-refractivity contribution is -0.870. The molecule has 0 fully saturated rings. The van der Waals surface area contributed by atoms with E-state index in [0.717, 1.165) is 48.3 Å². The minimum Gasteiger partial charge on any atom is -0.756 e. The molecule has 0 heterocycles. The van der Waals surface area contributed by atoms with Crippen LogP contribution < -0.4 is 4.89 Å². The maximum absolute atomic E-state index is 12.5. The van der Waals surface area contributed by atoms with Crippen molar-refractivity contribution in [3.05, 3.63) is 0 Å². The molecule has 338 valence electrons. The molecular formula is C48H100NO6P. The Morgan fingerprint density at radius 3 is 1.14 bits per heavy atom. The van der Waals surface area contributed by atoms with Gasteiger partial charge in [0, 0.05) is 13.2 Å². The molecule has 0 amide bonds. The van der Waals surface area contributed by atoms with Gasteiger partial charge in [-0.15, -0.1) is 0 Å². The van der Waals surface area contributed by atoms with E-state index in [-0.39, 0.29) is 13.2 Å². The number of phosphoric ester groups is 1. The van der Waals surface area contributed by atoms with Gasteiger partial charge in [0.1, 0.15) is 19.3 Å². The van der Waals surface area contributed by atoms with Crippen molar-refractivity contribution in [2.24, 2.45) is 47.3 Å². The van der Waals surface area contributed by atoms with Gasteiger partial charge >= 0.3 is 0 Å². The smallest absolute Gasteiger partial charge is 0.268 e. The quantitative estimate of drug-likeness (QED) is 0.0348. The van der Waals surface area contributed by atoms with Gasteiger partial charge in [0.05, 0.1) is 34.4 Å². The molecule has 1 unspecified atom stereocenters. The average Bonchev–Trinajstić information content (AvgIpc) is 3.07. The Kier molecular flexibility index (Phi) is 33.7. The van der Waals surface area contributed by atoms with Crippen molar-refractivity contribution in [3.63, 3.8) is 0 Å². The number of hydrogen-bond acceptors (Lipinski definition) is 6. The number of likely N-dealkylation sites (N-methyl/N-ethyl adjacent to an activating group) is 1. The number of nitrogens with zero attached hydrogens (tertiary/aromatic N) is 1. The van der Waals surface area contributed by atoms with Gasteiger partial charge in [0.2, 0.25) is 0 Å². The van der Waals surface area contributed by atoms with Crippen LogP contribution in [0.3, 0.4) is 0 Å². The molecule has 0 aliphatic carbocycles. The van der Waals surface area contributed by atoms with Gasteiger partial charge < -0.3 is 27.9 Å². The molecule has 8 heteroatoms. The van der Waals surface area contributed by atoms with Crippen molar-refractivity contribution in [1.82, 2.24) is 0 Å². The van der Waals surface area contributed by atoms with Crippen molar-refractivity contribution in [3.8, 4) is 0 Å². The number of hydrogen-bond donors (Lipinski definition) is 0. The summed E-state index contributed by atoms with van der Waals surface area (Å²) in [5, 5.41) is 0. The third-order valence-electron chi connectivity index (χ3n) is 12.0. The second-order valence-corrected chi connectivity index (χ2v) is 22.2. The number of phosphoric acid groups is 1. The van der Waals surface area contributed by atoms with Gasteiger partial charge in [0.25, 0.3) is 7.82 Å². The summed E-state index contributed by atoms with van der Waals surface area (Å²) in [6, 6.07) is 0. The van der Waals surface area contributed by atoms with Gasteiger partial charge in [-0.2, -0.15) is 0 Å². The fraction of sp³-hybridized carbons (Fsp3) is 1.00. The first-order chi connectivity index (χ1) is 26.3. The zero-order valence-corrected chi connectivity index (χ0v) is 40.8. The van der Waals surface area contributed by atoms with Crippen molar-refractivity contribution >= 4 is 7.82 Å². The van der Waals surface area contributed by atoms with Gasteiger partial charge in [0.15, 0.2) is 0 Å². The van der Waals surface area contributed by atoms with E-state index in [1.54, 1.807) is 0 Å². The van der Waals surface area contributed by atoms with Crippen molar-refractivity contribution in [2.45, 2.75) is 204 Å². The molecule has 0 aliphatic rings. The molecule has 0 aliphatic heterocycles. The molecule has 8 atom stereocenters. The molecule has 0 N–H and O–H groups in total. The second-order valence-electron chi connectivity index (χ2n) is 20.7. The van der Waals surface area contributed by atoms with Crippen LogP contribution in [0.2, 0.25) is 0 Å². The van der Waals surface area contributed by atoms with E-state index in [4.69, 9.17) is 18.5 Å². The Morgan fingerprint density at radius 1 is 0.446 bits per heavy atom. The first-order valence-corrected chi connectivity index (χ1v) is 25.3. The molecule has 0 saturated heterocycles. The predicted molar refractivity (Wildman–Crippen MR) is 240 cm³/mol. The molecule has 0 saturated carbocycles. The van der Waals surface area contributed by atoms with Crippen LogP contribution >= 0.6 is 7.82 Å². The van der Waals surface area contributed by atoms with Crippen LogP contribution in [0.25, 0.3) is 0 Å². The summed E-state index contributed by atoms with van der Waals surface area (Å²) in [5.74, 6) is 6.10. The zero-order chi connectivity index (χ0) is 42.4. The zero-order valence-electron chi connectivity index (χ0n) is 39.9. The Morgan fingerprint density at radius 2 is 0.786 bits per heavy atom. The first kappa shape index (κ1) is 56.0. The van der Waals surface area contributed by atoms with Crippen LogP contribution in [-0.4, -0.2) is 71.3 Å². The van der Waals surface area contributed by atoms with Crippen LogP contribution in [0, 0.1) is 47.3 Å². The van der Waals surface area contributed by atoms with Crippen LogP contribution in [0.4, 0.5) is 0 Å². The van der Waals surface area contributed by atoms with Crippen LogP contribution in [0.15, 0.2) is 0 Å². The summed E-state index contributed by atoms with van der Waals surface area (Å²) >= 11 is 0. The minimum absolute atomic E-state index is 0.0858. The SMILES string of the molecule is CC(C)CCC[C@@H](C)CCC[C@@H](C)CCC[C@@H](C)CCOC[C@@H](COP(=O)([O-])OCC[N+](C)(C)C)OCC[C@H](C)CCC[C@H](C)CCC[C@H](C)CCCC(C)C. The number of ether oxygens (including phenoxy) is 2. The lowest BCUT2D eigenvalue weighted by Gasteiger charge is -2.28. The van der Waals surface area contributed by atoms with E-state index in [1.807, 2.05) is 21.1 Å². The summed E-state index contributed by atoms with van der Waals surface area (Å²) in [5.41, 5.74) is 0. The Hall–Kier alpha value is -0.0100. The van der Waals surface area contributed by atoms with Gasteiger partial charge in [-0.3, -0.25) is 4.57 Å². The van der Waals surface area contributed by atoms with Crippen molar-refractivity contribution in [1.29, 1.82) is 0 Å². The van der Waals surface area contributed by atoms with Crippen LogP contribution in [-0.2, 0) is 23.1 Å². The Bertz CT molecular complexity index is 926. The van der Waals surface area contributed by atoms with Gasteiger partial charge in [-0.05, 0) is 60.2 Å². The van der Waals surface area contributed by atoms with Crippen molar-refractivity contribution in [2.75, 3.05) is 60.7 Å². The monoisotopic (exact) mass is 818 g/mol. The third-order valence-corrected chi connectivity index (χ3v) is 12.9. The summed E-state index contributed by atoms with van der Waals surface area (Å²) in [6.07, 6.45) is 25.4. The molecular weight excluding hydrogens is 718 g/mol. The molecule has 0 aromatic rings. The lowest BCUT2D eigenvalue weighted by Crippen LogP contribution is -2.37. The standard InChI is InChI=1S/C48H100NO6P/c1-40(2)20-14-22-42(5)24-16-26-44(7)28-18-30-46(9)32-35-52-38-48(39-55-56(50,51)54-37-34-49(11,12)13)53-36-33-47(10)31-19-29-45(8)27-17-25-43(6)23-15-21-41(3)4/h40-48H,14-39H2,1-13H3/t42-,43-,44-,45-,46-,47-,48+/m1/s1. The molecule has 56 heavy (non-hydrogen) atoms. The van der Waals surface area contributed by atoms with Crippen LogP contribution in [0.5, 0.6) is 0 Å². The highest BCUT2D eigenvalue weighted by molar-refractivity contribution is 7.45. The van der Waals surface area contributed by atoms with Crippen molar-refractivity contribution < 1.29 is 32.5 Å². The fourth-order valence-corrected chi connectivity index (χ4v) is 8.32. The second kappa shape index (κ2) is 33.7. The Labute approximate surface area is 351 Å². The number of quaternary nitrogens is 1. The molecule has 0 rings (SSSR count). The van der Waals surface area contributed by atoms with E-state index in [0.29, 0.717) is 42.7 Å². The summed E-state index contributed by atoms with van der Waals surface area (Å²) < 4.78 is 35.9. The van der Waals surface area contributed by atoms with E-state index < -0.39 is 13.9 Å². The minimum atomic E-state index is -4.42. The third kappa shape index (κ3) is 38.2. The van der Waals surface area contributed by atoms with E-state index in [2.05, 4.69) is 69.2 Å². The average molecular weight is 818 g/mol. The maximum Gasteiger partial charge on any atom is 0.268 e. The summed E-state index contributed by atoms with van der Waals surface area (Å²) in [4.78, 5) is 12.5. The largest absolute Gasteiger partial charge is 0.756 e. The predicted octanol–water partition coefficient (Wildman–Crippen LogP) is 13.5. The highest BCUT2D eigenvalue weighted by atomic mass is 31.2. The maximum atomic E-state index is 12.5. The Balaban J connectivity index is 4.55. The van der Waals surface area contributed by atoms with Gasteiger partial charge in [-0.25, -0.2) is 0 Å². The normalized spacial score (nSPS) is 17.5. The summed E-state index contributed by atoms with van der Waals surface area (Å²) in [7, 11) is 1.58. The molecule has 0 spiro atoms. The van der Waals surface area contributed by atoms with Crippen LogP contribution in [0.1, 0.15) is 198 Å². The molecule has 0 bridgehead atoms. The summed E-state index contributed by atoms with van der Waals surface area (Å²) in [6.45, 7) is 25.8. The van der Waals surface area contributed by atoms with E-state index in [9.17, 15) is 9.46 Å². The molecule has 0 aromatic heterocycles. The highest BCUT2D eigenvalue weighted by Gasteiger charge is 2.19. The topological polar surface area (TPSA) is 77.1 Å². The molecule has 7 nitrogen and oxygen atoms in total. The van der Waals surface area contributed by atoms with E-state index in [1.165, 1.54) is 116 Å².